The van der Waals surface area contributed by atoms with Crippen LogP contribution >= 0.6 is 23.2 Å². The van der Waals surface area contributed by atoms with Gasteiger partial charge in [-0.3, -0.25) is 0 Å². The van der Waals surface area contributed by atoms with Gasteiger partial charge in [0.2, 0.25) is 0 Å². The maximum absolute atomic E-state index is 12.0. The lowest BCUT2D eigenvalue weighted by atomic mass is 10.1. The van der Waals surface area contributed by atoms with Crippen LogP contribution in [0.5, 0.6) is 0 Å². The molecule has 0 radical (unpaired) electrons. The van der Waals surface area contributed by atoms with Crippen molar-refractivity contribution in [2.45, 2.75) is 27.2 Å². The molecule has 0 atom stereocenters. The Labute approximate surface area is 133 Å². The van der Waals surface area contributed by atoms with Crippen molar-refractivity contribution in [3.05, 3.63) is 45.2 Å². The van der Waals surface area contributed by atoms with Gasteiger partial charge in [-0.1, -0.05) is 30.1 Å². The van der Waals surface area contributed by atoms with Crippen molar-refractivity contribution < 1.29 is 9.53 Å². The van der Waals surface area contributed by atoms with Crippen LogP contribution < -0.4 is 0 Å². The molecule has 0 amide bonds. The number of nitrogens with zero attached hydrogens (tertiary/aromatic N) is 2. The number of aromatic nitrogens is 2. The average Bonchev–Trinajstić information content (AvgIpc) is 2.76. The van der Waals surface area contributed by atoms with E-state index in [9.17, 15) is 4.79 Å². The Morgan fingerprint density at radius 3 is 2.62 bits per heavy atom. The zero-order valence-corrected chi connectivity index (χ0v) is 13.6. The molecule has 0 spiro atoms. The third-order valence-corrected chi connectivity index (χ3v) is 3.74. The number of ether oxygens (including phenoxy) is 1. The van der Waals surface area contributed by atoms with Crippen LogP contribution in [0.1, 0.15) is 35.6 Å². The van der Waals surface area contributed by atoms with Crippen molar-refractivity contribution in [1.82, 2.24) is 9.78 Å². The minimum absolute atomic E-state index is 0.315. The van der Waals surface area contributed by atoms with Gasteiger partial charge < -0.3 is 4.74 Å². The molecule has 2 aromatic rings. The van der Waals surface area contributed by atoms with Crippen molar-refractivity contribution in [3.8, 4) is 5.69 Å². The number of carbonyl (C=O) groups excluding carboxylic acids is 1. The molecule has 0 aliphatic rings. The second-order valence-corrected chi connectivity index (χ2v) is 5.34. The average molecular weight is 327 g/mol. The maximum Gasteiger partial charge on any atom is 0.359 e. The highest BCUT2D eigenvalue weighted by Crippen LogP contribution is 2.27. The van der Waals surface area contributed by atoms with Gasteiger partial charge in [0.15, 0.2) is 5.69 Å². The van der Waals surface area contributed by atoms with Gasteiger partial charge in [0.25, 0.3) is 0 Å². The van der Waals surface area contributed by atoms with E-state index in [0.717, 1.165) is 11.3 Å². The topological polar surface area (TPSA) is 44.1 Å². The summed E-state index contributed by atoms with van der Waals surface area (Å²) >= 11 is 12.1. The van der Waals surface area contributed by atoms with Gasteiger partial charge in [0.1, 0.15) is 0 Å². The quantitative estimate of drug-likeness (QED) is 0.790. The van der Waals surface area contributed by atoms with Crippen LogP contribution in [0.25, 0.3) is 5.69 Å². The Balaban J connectivity index is 2.57. The van der Waals surface area contributed by atoms with Gasteiger partial charge >= 0.3 is 5.97 Å². The fourth-order valence-corrected chi connectivity index (χ4v) is 2.70. The molecule has 0 aliphatic heterocycles. The summed E-state index contributed by atoms with van der Waals surface area (Å²) in [6.07, 6.45) is 0.686. The number of hydrogen-bond donors (Lipinski definition) is 0. The molecule has 2 rings (SSSR count). The smallest absolute Gasteiger partial charge is 0.359 e. The molecule has 0 unspecified atom stereocenters. The minimum Gasteiger partial charge on any atom is -0.461 e. The first-order valence-electron chi connectivity index (χ1n) is 6.70. The fraction of sp³-hybridized carbons (Fsp3) is 0.333. The van der Waals surface area contributed by atoms with E-state index < -0.39 is 5.97 Å². The van der Waals surface area contributed by atoms with E-state index in [-0.39, 0.29) is 0 Å². The van der Waals surface area contributed by atoms with Gasteiger partial charge in [-0.25, -0.2) is 9.48 Å². The van der Waals surface area contributed by atoms with Crippen molar-refractivity contribution in [3.63, 3.8) is 0 Å². The van der Waals surface area contributed by atoms with Gasteiger partial charge in [-0.15, -0.1) is 0 Å². The van der Waals surface area contributed by atoms with E-state index >= 15 is 0 Å². The van der Waals surface area contributed by atoms with Crippen LogP contribution in [0.2, 0.25) is 10.0 Å². The fourth-order valence-electron chi connectivity index (χ4n) is 2.21. The largest absolute Gasteiger partial charge is 0.461 e. The van der Waals surface area contributed by atoms with Gasteiger partial charge in [0.05, 0.1) is 17.3 Å². The summed E-state index contributed by atoms with van der Waals surface area (Å²) in [6.45, 7) is 5.96. The number of carbonyl (C=O) groups is 1. The monoisotopic (exact) mass is 326 g/mol. The molecule has 6 heteroatoms. The lowest BCUT2D eigenvalue weighted by Crippen LogP contribution is -2.08. The molecule has 0 bridgehead atoms. The van der Waals surface area contributed by atoms with Crippen molar-refractivity contribution in [2.24, 2.45) is 0 Å². The van der Waals surface area contributed by atoms with E-state index in [4.69, 9.17) is 27.9 Å². The summed E-state index contributed by atoms with van der Waals surface area (Å²) in [4.78, 5) is 12.0. The number of hydrogen-bond acceptors (Lipinski definition) is 3. The predicted molar refractivity (Wildman–Crippen MR) is 83.7 cm³/mol. The highest BCUT2D eigenvalue weighted by molar-refractivity contribution is 6.35. The Bertz CT molecular complexity index is 681. The van der Waals surface area contributed by atoms with E-state index in [1.54, 1.807) is 29.8 Å². The van der Waals surface area contributed by atoms with Crippen molar-refractivity contribution in [2.75, 3.05) is 6.61 Å². The van der Waals surface area contributed by atoms with Crippen LogP contribution in [-0.2, 0) is 11.2 Å². The highest BCUT2D eigenvalue weighted by atomic mass is 35.5. The molecule has 4 nitrogen and oxygen atoms in total. The summed E-state index contributed by atoms with van der Waals surface area (Å²) in [6, 6.07) is 5.16. The zero-order valence-electron chi connectivity index (χ0n) is 12.1. The van der Waals surface area contributed by atoms with Gasteiger partial charge in [-0.2, -0.15) is 5.10 Å². The molecule has 1 aromatic heterocycles. The summed E-state index contributed by atoms with van der Waals surface area (Å²) in [7, 11) is 0. The van der Waals surface area contributed by atoms with E-state index in [0.29, 0.717) is 34.5 Å². The molecule has 0 fully saturated rings. The maximum atomic E-state index is 12.0. The second-order valence-electron chi connectivity index (χ2n) is 4.49. The van der Waals surface area contributed by atoms with Crippen molar-refractivity contribution >= 4 is 29.2 Å². The van der Waals surface area contributed by atoms with Crippen LogP contribution in [-0.4, -0.2) is 22.4 Å². The summed E-state index contributed by atoms with van der Waals surface area (Å²) < 4.78 is 6.71. The molecular weight excluding hydrogens is 311 g/mol. The van der Waals surface area contributed by atoms with E-state index in [1.165, 1.54) is 0 Å². The number of rotatable bonds is 4. The Hall–Kier alpha value is -1.52. The molecule has 21 heavy (non-hydrogen) atoms. The first-order chi connectivity index (χ1) is 9.99. The van der Waals surface area contributed by atoms with Crippen molar-refractivity contribution in [1.29, 1.82) is 0 Å². The summed E-state index contributed by atoms with van der Waals surface area (Å²) in [5, 5.41) is 5.40. The molecule has 0 saturated carbocycles. The summed E-state index contributed by atoms with van der Waals surface area (Å²) in [5.41, 5.74) is 2.75. The zero-order chi connectivity index (χ0) is 15.6. The third-order valence-electron chi connectivity index (χ3n) is 3.20. The predicted octanol–water partition coefficient (Wildman–Crippen LogP) is 4.23. The summed E-state index contributed by atoms with van der Waals surface area (Å²) in [5.74, 6) is -0.415. The normalized spacial score (nSPS) is 10.7. The molecule has 112 valence electrons. The number of benzene rings is 1. The molecule has 0 aliphatic carbocycles. The molecule has 0 saturated heterocycles. The third kappa shape index (κ3) is 3.06. The molecular formula is C15H16Cl2N2O2. The highest BCUT2D eigenvalue weighted by Gasteiger charge is 2.22. The van der Waals surface area contributed by atoms with Crippen LogP contribution in [0.15, 0.2) is 18.2 Å². The first kappa shape index (κ1) is 15.9. The standard InChI is InChI=1S/C15H16Cl2N2O2/c1-4-11-9(3)19(18-14(11)15(20)21-5-2)13-7-6-10(16)8-12(13)17/h6-8H,4-5H2,1-3H3. The van der Waals surface area contributed by atoms with Gasteiger partial charge in [-0.05, 0) is 38.5 Å². The Morgan fingerprint density at radius 2 is 2.05 bits per heavy atom. The molecule has 1 heterocycles. The Kier molecular flexibility index (Phi) is 4.91. The van der Waals surface area contributed by atoms with Crippen LogP contribution in [0, 0.1) is 6.92 Å². The minimum atomic E-state index is -0.415. The molecule has 1 aromatic carbocycles. The number of esters is 1. The first-order valence-corrected chi connectivity index (χ1v) is 7.46. The van der Waals surface area contributed by atoms with Crippen LogP contribution in [0.3, 0.4) is 0 Å². The second kappa shape index (κ2) is 6.50. The van der Waals surface area contributed by atoms with E-state index in [2.05, 4.69) is 5.10 Å². The lowest BCUT2D eigenvalue weighted by Gasteiger charge is -2.07. The number of halogens is 2. The van der Waals surface area contributed by atoms with Gasteiger partial charge in [0, 0.05) is 16.3 Å². The molecule has 0 N–H and O–H groups in total. The van der Waals surface area contributed by atoms with Crippen LogP contribution in [0.4, 0.5) is 0 Å². The SMILES string of the molecule is CCOC(=O)c1nn(-c2ccc(Cl)cc2Cl)c(C)c1CC. The van der Waals surface area contributed by atoms with E-state index in [1.807, 2.05) is 13.8 Å². The Morgan fingerprint density at radius 1 is 1.33 bits per heavy atom. The lowest BCUT2D eigenvalue weighted by molar-refractivity contribution is 0.0517.